The topological polar surface area (TPSA) is 78.1 Å². The van der Waals surface area contributed by atoms with Crippen LogP contribution in [0, 0.1) is 24.5 Å². The van der Waals surface area contributed by atoms with Gasteiger partial charge in [-0.1, -0.05) is 11.7 Å². The van der Waals surface area contributed by atoms with Crippen molar-refractivity contribution in [3.8, 4) is 0 Å². The molecule has 1 fully saturated rings. The number of aliphatic imine (C=N–C) groups is 1. The van der Waals surface area contributed by atoms with Gasteiger partial charge in [0.1, 0.15) is 23.7 Å². The number of nitrogens with zero attached hydrogens (tertiary/aromatic N) is 4. The molecule has 0 bridgehead atoms. The Balaban J connectivity index is 1.60. The molecule has 1 aliphatic rings. The maximum absolute atomic E-state index is 13.5. The number of rotatable bonds is 7. The van der Waals surface area contributed by atoms with Gasteiger partial charge in [0.25, 0.3) is 5.56 Å². The van der Waals surface area contributed by atoms with E-state index < -0.39 is 17.7 Å². The summed E-state index contributed by atoms with van der Waals surface area (Å²) >= 11 is 0. The van der Waals surface area contributed by atoms with Crippen LogP contribution < -0.4 is 5.56 Å². The second-order valence-electron chi connectivity index (χ2n) is 7.33. The Morgan fingerprint density at radius 3 is 2.77 bits per heavy atom. The van der Waals surface area contributed by atoms with Crippen molar-refractivity contribution in [1.82, 2.24) is 9.55 Å². The van der Waals surface area contributed by atoms with Gasteiger partial charge in [-0.05, 0) is 44.9 Å². The zero-order chi connectivity index (χ0) is 22.5. The number of hydrogen-bond donors (Lipinski definition) is 0. The normalized spacial score (nSPS) is 19.2. The largest absolute Gasteiger partial charge is 0.373 e. The predicted octanol–water partition coefficient (Wildman–Crippen LogP) is 4.24. The van der Waals surface area contributed by atoms with Crippen LogP contribution in [-0.2, 0) is 16.1 Å². The van der Waals surface area contributed by atoms with E-state index in [0.29, 0.717) is 35.7 Å². The molecule has 0 N–H and O–H groups in total. The molecule has 164 valence electrons. The molecule has 2 aromatic rings. The molecule has 1 aliphatic heterocycles. The third kappa shape index (κ3) is 5.49. The molecule has 0 saturated carbocycles. The monoisotopic (exact) mass is 430 g/mol. The van der Waals surface area contributed by atoms with Crippen molar-refractivity contribution in [3.05, 3.63) is 70.0 Å². The molecule has 0 spiro atoms. The van der Waals surface area contributed by atoms with E-state index in [2.05, 4.69) is 21.7 Å². The summed E-state index contributed by atoms with van der Waals surface area (Å²) in [5, 5.41) is 4.09. The summed E-state index contributed by atoms with van der Waals surface area (Å²) in [4.78, 5) is 26.0. The van der Waals surface area contributed by atoms with Crippen molar-refractivity contribution in [2.75, 3.05) is 6.61 Å². The number of allylic oxidation sites excluding steroid dienone is 1. The van der Waals surface area contributed by atoms with Crippen molar-refractivity contribution < 1.29 is 18.4 Å². The fraction of sp³-hybridized carbons (Fsp3) is 0.364. The van der Waals surface area contributed by atoms with Crippen LogP contribution in [0.25, 0.3) is 0 Å². The molecule has 3 rings (SSSR count). The molecule has 31 heavy (non-hydrogen) atoms. The Morgan fingerprint density at radius 2 is 2.10 bits per heavy atom. The summed E-state index contributed by atoms with van der Waals surface area (Å²) in [5.41, 5.74) is 1.30. The highest BCUT2D eigenvalue weighted by atomic mass is 19.1. The van der Waals surface area contributed by atoms with Gasteiger partial charge in [-0.2, -0.15) is 0 Å². The first-order valence-electron chi connectivity index (χ1n) is 9.80. The average Bonchev–Trinajstić information content (AvgIpc) is 3.22. The van der Waals surface area contributed by atoms with Gasteiger partial charge in [0.15, 0.2) is 5.82 Å². The summed E-state index contributed by atoms with van der Waals surface area (Å²) in [6.45, 7) is 9.43. The van der Waals surface area contributed by atoms with Crippen LogP contribution in [0.4, 0.5) is 14.6 Å². The summed E-state index contributed by atoms with van der Waals surface area (Å²) in [5.74, 6) is -0.708. The molecule has 2 heterocycles. The smallest absolute Gasteiger partial charge is 0.258 e. The number of aromatic nitrogens is 2. The zero-order valence-corrected chi connectivity index (χ0v) is 17.6. The first-order chi connectivity index (χ1) is 14.8. The quantitative estimate of drug-likeness (QED) is 0.374. The number of ether oxygens (including phenoxy) is 1. The fourth-order valence-electron chi connectivity index (χ4n) is 3.29. The molecule has 1 aromatic heterocycles. The van der Waals surface area contributed by atoms with E-state index in [1.165, 1.54) is 23.0 Å². The maximum atomic E-state index is 13.5. The van der Waals surface area contributed by atoms with E-state index in [1.54, 1.807) is 27.0 Å². The van der Waals surface area contributed by atoms with Crippen LogP contribution in [0.5, 0.6) is 0 Å². The van der Waals surface area contributed by atoms with E-state index in [1.807, 2.05) is 0 Å². The standard InChI is InChI=1S/C22H24F2N4O3/c1-5-25-21-14(3)22(29)28(12-26-21)10-13(2)31-27-15(4)17-8-20(30-11-17)16-6-18(23)9-19(24)7-16/h5-7,9,12,17,20H,2,8,10-11H2,1,3-4H3/b25-5-,27-15+/t17?,20-/m1/s1. The minimum absolute atomic E-state index is 0.0676. The number of halogens is 2. The van der Waals surface area contributed by atoms with Crippen molar-refractivity contribution in [2.24, 2.45) is 16.1 Å². The van der Waals surface area contributed by atoms with Crippen LogP contribution in [0.3, 0.4) is 0 Å². The Kier molecular flexibility index (Phi) is 7.06. The van der Waals surface area contributed by atoms with Crippen molar-refractivity contribution >= 4 is 17.7 Å². The van der Waals surface area contributed by atoms with Crippen molar-refractivity contribution in [1.29, 1.82) is 0 Å². The molecule has 0 aliphatic carbocycles. The Bertz CT molecular complexity index is 1070. The van der Waals surface area contributed by atoms with Crippen molar-refractivity contribution in [3.63, 3.8) is 0 Å². The second-order valence-corrected chi connectivity index (χ2v) is 7.33. The molecular formula is C22H24F2N4O3. The SMILES string of the molecule is C=C(Cn1cnc(/N=C\C)c(C)c1=O)O/N=C(\C)C1CO[C@@H](c2cc(F)cc(F)c2)C1. The molecule has 0 amide bonds. The van der Waals surface area contributed by atoms with Crippen LogP contribution in [0.2, 0.25) is 0 Å². The molecular weight excluding hydrogens is 406 g/mol. The predicted molar refractivity (Wildman–Crippen MR) is 114 cm³/mol. The van der Waals surface area contributed by atoms with Gasteiger partial charge < -0.3 is 9.57 Å². The minimum Gasteiger partial charge on any atom is -0.373 e. The molecule has 9 heteroatoms. The third-order valence-corrected chi connectivity index (χ3v) is 5.00. The van der Waals surface area contributed by atoms with E-state index in [0.717, 1.165) is 6.07 Å². The van der Waals surface area contributed by atoms with E-state index in [-0.39, 0.29) is 23.8 Å². The number of hydrogen-bond acceptors (Lipinski definition) is 6. The summed E-state index contributed by atoms with van der Waals surface area (Å²) in [6, 6.07) is 3.37. The van der Waals surface area contributed by atoms with Gasteiger partial charge in [0, 0.05) is 18.2 Å². The van der Waals surface area contributed by atoms with Gasteiger partial charge in [0.2, 0.25) is 0 Å². The molecule has 2 atom stereocenters. The van der Waals surface area contributed by atoms with E-state index in [9.17, 15) is 13.6 Å². The maximum Gasteiger partial charge on any atom is 0.258 e. The van der Waals surface area contributed by atoms with E-state index in [4.69, 9.17) is 9.57 Å². The zero-order valence-electron chi connectivity index (χ0n) is 17.6. The Hall–Kier alpha value is -3.20. The van der Waals surface area contributed by atoms with Crippen LogP contribution in [0.15, 0.2) is 51.8 Å². The first-order valence-corrected chi connectivity index (χ1v) is 9.80. The molecule has 1 aromatic carbocycles. The Labute approximate surface area is 178 Å². The summed E-state index contributed by atoms with van der Waals surface area (Å²) in [6.07, 6.45) is 3.06. The second kappa shape index (κ2) is 9.74. The highest BCUT2D eigenvalue weighted by Gasteiger charge is 2.29. The lowest BCUT2D eigenvalue weighted by Crippen LogP contribution is -2.23. The fourth-order valence-corrected chi connectivity index (χ4v) is 3.29. The number of oxime groups is 1. The third-order valence-electron chi connectivity index (χ3n) is 5.00. The summed E-state index contributed by atoms with van der Waals surface area (Å²) < 4.78 is 34.0. The minimum atomic E-state index is -0.637. The lowest BCUT2D eigenvalue weighted by atomic mass is 9.97. The van der Waals surface area contributed by atoms with Crippen LogP contribution >= 0.6 is 0 Å². The highest BCUT2D eigenvalue weighted by molar-refractivity contribution is 5.84. The van der Waals surface area contributed by atoms with Gasteiger partial charge >= 0.3 is 0 Å². The molecule has 0 radical (unpaired) electrons. The lowest BCUT2D eigenvalue weighted by molar-refractivity contribution is 0.109. The average molecular weight is 430 g/mol. The Morgan fingerprint density at radius 1 is 1.39 bits per heavy atom. The van der Waals surface area contributed by atoms with Crippen molar-refractivity contribution in [2.45, 2.75) is 39.8 Å². The molecule has 1 unspecified atom stereocenters. The van der Waals surface area contributed by atoms with Crippen LogP contribution in [-0.4, -0.2) is 28.1 Å². The molecule has 7 nitrogen and oxygen atoms in total. The highest BCUT2D eigenvalue weighted by Crippen LogP contribution is 2.34. The number of benzene rings is 1. The summed E-state index contributed by atoms with van der Waals surface area (Å²) in [7, 11) is 0. The van der Waals surface area contributed by atoms with E-state index >= 15 is 0 Å². The molecule has 1 saturated heterocycles. The lowest BCUT2D eigenvalue weighted by Gasteiger charge is -2.11. The van der Waals surface area contributed by atoms with Crippen LogP contribution in [0.1, 0.15) is 37.5 Å². The van der Waals surface area contributed by atoms with Gasteiger partial charge in [0.05, 0.1) is 30.5 Å². The van der Waals surface area contributed by atoms with Gasteiger partial charge in [-0.3, -0.25) is 9.36 Å². The first kappa shape index (κ1) is 22.5. The van der Waals surface area contributed by atoms with Gasteiger partial charge in [-0.15, -0.1) is 0 Å². The van der Waals surface area contributed by atoms with Gasteiger partial charge in [-0.25, -0.2) is 18.8 Å².